The Morgan fingerprint density at radius 3 is 2.95 bits per heavy atom. The molecule has 3 N–H and O–H groups in total. The Hall–Kier alpha value is -2.14. The third kappa shape index (κ3) is 3.49. The summed E-state index contributed by atoms with van der Waals surface area (Å²) >= 11 is 0. The van der Waals surface area contributed by atoms with Crippen molar-refractivity contribution in [3.05, 3.63) is 47.8 Å². The summed E-state index contributed by atoms with van der Waals surface area (Å²) < 4.78 is 0. The number of aromatic nitrogens is 2. The number of aromatic amines is 1. The number of benzene rings is 1. The Morgan fingerprint density at radius 1 is 1.33 bits per heavy atom. The van der Waals surface area contributed by atoms with Crippen molar-refractivity contribution in [3.63, 3.8) is 0 Å². The topological polar surface area (TPSA) is 69.8 Å². The zero-order valence-corrected chi connectivity index (χ0v) is 11.9. The molecule has 1 amide bonds. The second kappa shape index (κ2) is 6.54. The quantitative estimate of drug-likeness (QED) is 0.787. The van der Waals surface area contributed by atoms with E-state index in [2.05, 4.69) is 20.8 Å². The Morgan fingerprint density at radius 2 is 2.19 bits per heavy atom. The summed E-state index contributed by atoms with van der Waals surface area (Å²) in [5.74, 6) is 0.449. The number of anilines is 1. The van der Waals surface area contributed by atoms with Crippen molar-refractivity contribution < 1.29 is 4.79 Å². The van der Waals surface area contributed by atoms with Crippen LogP contribution in [0.5, 0.6) is 0 Å². The molecule has 0 aliphatic carbocycles. The predicted molar refractivity (Wildman–Crippen MR) is 82.2 cm³/mol. The van der Waals surface area contributed by atoms with Gasteiger partial charge in [-0.1, -0.05) is 30.3 Å². The molecule has 0 radical (unpaired) electrons. The minimum atomic E-state index is 0.0347. The summed E-state index contributed by atoms with van der Waals surface area (Å²) in [6, 6.07) is 10.1. The van der Waals surface area contributed by atoms with Gasteiger partial charge in [0.1, 0.15) is 0 Å². The molecule has 2 aromatic rings. The lowest BCUT2D eigenvalue weighted by Crippen LogP contribution is -2.15. The number of rotatable bonds is 5. The molecule has 1 atom stereocenters. The molecular weight excluding hydrogens is 264 g/mol. The van der Waals surface area contributed by atoms with Crippen LogP contribution in [0.1, 0.15) is 30.0 Å². The number of nitrogens with one attached hydrogen (secondary N) is 3. The lowest BCUT2D eigenvalue weighted by atomic mass is 10.0. The van der Waals surface area contributed by atoms with Crippen LogP contribution in [0.25, 0.3) is 0 Å². The average molecular weight is 284 g/mol. The van der Waals surface area contributed by atoms with Crippen molar-refractivity contribution >= 4 is 11.6 Å². The van der Waals surface area contributed by atoms with Crippen LogP contribution in [0, 0.1) is 0 Å². The number of carbonyl (C=O) groups excluding carboxylic acids is 1. The van der Waals surface area contributed by atoms with Gasteiger partial charge in [0, 0.05) is 18.9 Å². The van der Waals surface area contributed by atoms with E-state index in [0.29, 0.717) is 12.3 Å². The molecule has 1 aromatic heterocycles. The lowest BCUT2D eigenvalue weighted by molar-refractivity contribution is -0.116. The second-order valence-electron chi connectivity index (χ2n) is 5.42. The Labute approximate surface area is 124 Å². The Kier molecular flexibility index (Phi) is 4.31. The summed E-state index contributed by atoms with van der Waals surface area (Å²) in [5.41, 5.74) is 3.04. The smallest absolute Gasteiger partial charge is 0.224 e. The van der Waals surface area contributed by atoms with Crippen LogP contribution in [-0.2, 0) is 11.2 Å². The van der Waals surface area contributed by atoms with Crippen LogP contribution in [0.15, 0.2) is 36.5 Å². The minimum absolute atomic E-state index is 0.0347. The number of hydrogen-bond acceptors (Lipinski definition) is 3. The first-order valence-corrected chi connectivity index (χ1v) is 7.40. The molecule has 2 heterocycles. The predicted octanol–water partition coefficient (Wildman–Crippen LogP) is 2.06. The molecule has 21 heavy (non-hydrogen) atoms. The molecule has 1 saturated heterocycles. The highest BCUT2D eigenvalue weighted by Crippen LogP contribution is 2.26. The lowest BCUT2D eigenvalue weighted by Gasteiger charge is -2.10. The average Bonchev–Trinajstić information content (AvgIpc) is 3.17. The van der Waals surface area contributed by atoms with Gasteiger partial charge in [-0.05, 0) is 24.9 Å². The van der Waals surface area contributed by atoms with Crippen LogP contribution in [-0.4, -0.2) is 29.2 Å². The van der Waals surface area contributed by atoms with Crippen molar-refractivity contribution in [2.45, 2.75) is 25.2 Å². The van der Waals surface area contributed by atoms with Crippen molar-refractivity contribution in [1.82, 2.24) is 15.5 Å². The van der Waals surface area contributed by atoms with Gasteiger partial charge in [0.15, 0.2) is 0 Å². The third-order valence-corrected chi connectivity index (χ3v) is 3.90. The Balaban J connectivity index is 1.56. The van der Waals surface area contributed by atoms with E-state index in [9.17, 15) is 4.79 Å². The summed E-state index contributed by atoms with van der Waals surface area (Å²) in [6.07, 6.45) is 4.02. The van der Waals surface area contributed by atoms with E-state index >= 15 is 0 Å². The van der Waals surface area contributed by atoms with Crippen molar-refractivity contribution in [3.8, 4) is 0 Å². The maximum atomic E-state index is 12.1. The van der Waals surface area contributed by atoms with E-state index in [1.165, 1.54) is 5.56 Å². The number of hydrogen-bond donors (Lipinski definition) is 3. The molecule has 5 heteroatoms. The maximum absolute atomic E-state index is 12.1. The molecule has 1 aliphatic heterocycles. The first-order chi connectivity index (χ1) is 10.3. The molecule has 1 unspecified atom stereocenters. The van der Waals surface area contributed by atoms with Gasteiger partial charge in [0.25, 0.3) is 0 Å². The van der Waals surface area contributed by atoms with Gasteiger partial charge in [-0.2, -0.15) is 5.10 Å². The van der Waals surface area contributed by atoms with E-state index in [0.717, 1.165) is 37.3 Å². The SMILES string of the molecule is O=C(CCc1ccccc1)Nc1cn[nH]c1C1CCNC1. The zero-order chi connectivity index (χ0) is 14.5. The van der Waals surface area contributed by atoms with Crippen molar-refractivity contribution in [2.24, 2.45) is 0 Å². The maximum Gasteiger partial charge on any atom is 0.224 e. The normalized spacial score (nSPS) is 17.8. The molecule has 1 aromatic carbocycles. The van der Waals surface area contributed by atoms with E-state index in [4.69, 9.17) is 0 Å². The number of carbonyl (C=O) groups is 1. The monoisotopic (exact) mass is 284 g/mol. The molecule has 0 bridgehead atoms. The highest BCUT2D eigenvalue weighted by Gasteiger charge is 2.22. The van der Waals surface area contributed by atoms with Gasteiger partial charge in [0.05, 0.1) is 17.6 Å². The van der Waals surface area contributed by atoms with Gasteiger partial charge in [-0.3, -0.25) is 9.89 Å². The van der Waals surface area contributed by atoms with Crippen LogP contribution < -0.4 is 10.6 Å². The fourth-order valence-corrected chi connectivity index (χ4v) is 2.72. The van der Waals surface area contributed by atoms with Crippen molar-refractivity contribution in [1.29, 1.82) is 0 Å². The summed E-state index contributed by atoms with van der Waals surface area (Å²) in [4.78, 5) is 12.1. The van der Waals surface area contributed by atoms with Crippen LogP contribution >= 0.6 is 0 Å². The number of aryl methyl sites for hydroxylation is 1. The molecule has 110 valence electrons. The summed E-state index contributed by atoms with van der Waals surface area (Å²) in [5, 5.41) is 13.4. The van der Waals surface area contributed by atoms with Gasteiger partial charge in [-0.15, -0.1) is 0 Å². The summed E-state index contributed by atoms with van der Waals surface area (Å²) in [7, 11) is 0. The highest BCUT2D eigenvalue weighted by atomic mass is 16.1. The van der Waals surface area contributed by atoms with Crippen LogP contribution in [0.2, 0.25) is 0 Å². The number of nitrogens with zero attached hydrogens (tertiary/aromatic N) is 1. The van der Waals surface area contributed by atoms with Crippen LogP contribution in [0.3, 0.4) is 0 Å². The molecule has 1 aliphatic rings. The van der Waals surface area contributed by atoms with E-state index in [1.54, 1.807) is 6.20 Å². The van der Waals surface area contributed by atoms with Gasteiger partial charge in [0.2, 0.25) is 5.91 Å². The molecule has 3 rings (SSSR count). The minimum Gasteiger partial charge on any atom is -0.323 e. The van der Waals surface area contributed by atoms with Gasteiger partial charge < -0.3 is 10.6 Å². The third-order valence-electron chi connectivity index (χ3n) is 3.90. The summed E-state index contributed by atoms with van der Waals surface area (Å²) in [6.45, 7) is 1.96. The molecule has 1 fully saturated rings. The fourth-order valence-electron chi connectivity index (χ4n) is 2.72. The zero-order valence-electron chi connectivity index (χ0n) is 11.9. The molecule has 5 nitrogen and oxygen atoms in total. The first kappa shape index (κ1) is 13.8. The standard InChI is InChI=1S/C16H20N4O/c21-15(7-6-12-4-2-1-3-5-12)19-14-11-18-20-16(14)13-8-9-17-10-13/h1-5,11,13,17H,6-10H2,(H,18,20)(H,19,21). The van der Waals surface area contributed by atoms with Gasteiger partial charge in [-0.25, -0.2) is 0 Å². The molecular formula is C16H20N4O. The fraction of sp³-hybridized carbons (Fsp3) is 0.375. The number of H-pyrrole nitrogens is 1. The highest BCUT2D eigenvalue weighted by molar-refractivity contribution is 5.91. The molecule has 0 spiro atoms. The largest absolute Gasteiger partial charge is 0.323 e. The van der Waals surface area contributed by atoms with Crippen molar-refractivity contribution in [2.75, 3.05) is 18.4 Å². The van der Waals surface area contributed by atoms with E-state index in [1.807, 2.05) is 30.3 Å². The van der Waals surface area contributed by atoms with E-state index < -0.39 is 0 Å². The second-order valence-corrected chi connectivity index (χ2v) is 5.42. The van der Waals surface area contributed by atoms with Crippen LogP contribution in [0.4, 0.5) is 5.69 Å². The first-order valence-electron chi connectivity index (χ1n) is 7.40. The number of amides is 1. The molecule has 0 saturated carbocycles. The van der Waals surface area contributed by atoms with Gasteiger partial charge >= 0.3 is 0 Å². The Bertz CT molecular complexity index is 587. The van der Waals surface area contributed by atoms with E-state index in [-0.39, 0.29) is 5.91 Å².